The number of thiophene rings is 1. The van der Waals surface area contributed by atoms with E-state index in [0.717, 1.165) is 30.6 Å². The third kappa shape index (κ3) is 5.85. The molecule has 2 heterocycles. The lowest BCUT2D eigenvalue weighted by Crippen LogP contribution is -2.46. The molecule has 3 aromatic rings. The lowest BCUT2D eigenvalue weighted by molar-refractivity contribution is -0.141. The number of nitrogens with one attached hydrogen (secondary N) is 1. The van der Waals surface area contributed by atoms with Crippen LogP contribution in [0.4, 0.5) is 0 Å². The lowest BCUT2D eigenvalue weighted by atomic mass is 10.0. The van der Waals surface area contributed by atoms with E-state index in [1.54, 1.807) is 17.2 Å². The van der Waals surface area contributed by atoms with Crippen LogP contribution in [0.5, 0.6) is 5.75 Å². The molecule has 1 aliphatic carbocycles. The van der Waals surface area contributed by atoms with Gasteiger partial charge in [0.25, 0.3) is 0 Å². The van der Waals surface area contributed by atoms with Crippen LogP contribution in [0.1, 0.15) is 54.8 Å². The maximum Gasteiger partial charge on any atom is 0.247 e. The Balaban J connectivity index is 1.72. The highest BCUT2D eigenvalue weighted by Gasteiger charge is 2.35. The molecule has 1 atom stereocenters. The molecular formula is C26H30N2O4S. The first-order valence-electron chi connectivity index (χ1n) is 11.5. The van der Waals surface area contributed by atoms with Crippen LogP contribution in [0.2, 0.25) is 0 Å². The van der Waals surface area contributed by atoms with Gasteiger partial charge in [-0.2, -0.15) is 0 Å². The highest BCUT2D eigenvalue weighted by Crippen LogP contribution is 2.33. The number of para-hydroxylation sites is 1. The van der Waals surface area contributed by atoms with Crippen molar-refractivity contribution >= 4 is 23.2 Å². The fraction of sp³-hybridized carbons (Fsp3) is 0.385. The second kappa shape index (κ2) is 11.2. The predicted molar refractivity (Wildman–Crippen MR) is 128 cm³/mol. The van der Waals surface area contributed by atoms with Gasteiger partial charge in [0.15, 0.2) is 0 Å². The number of benzene rings is 1. The van der Waals surface area contributed by atoms with Crippen LogP contribution in [-0.2, 0) is 22.6 Å². The standard InChI is InChI=1S/C26H30N2O4S/c1-2-31-23-14-6-5-13-22(23)25(26(30)27-19-9-3-4-10-19)28(18-20-11-7-15-32-20)24(29)17-21-12-8-16-33-21/h5-8,11-16,19,25H,2-4,9-10,17-18H2,1H3,(H,27,30). The Kier molecular flexibility index (Phi) is 7.83. The van der Waals surface area contributed by atoms with Crippen molar-refractivity contribution in [3.8, 4) is 5.75 Å². The van der Waals surface area contributed by atoms with E-state index in [1.807, 2.05) is 54.8 Å². The van der Waals surface area contributed by atoms with Gasteiger partial charge in [-0.1, -0.05) is 37.1 Å². The minimum atomic E-state index is -0.828. The summed E-state index contributed by atoms with van der Waals surface area (Å²) in [6.45, 7) is 2.57. The Labute approximate surface area is 198 Å². The molecule has 174 valence electrons. The van der Waals surface area contributed by atoms with Crippen molar-refractivity contribution in [2.45, 2.75) is 57.7 Å². The number of carbonyl (C=O) groups is 2. The summed E-state index contributed by atoms with van der Waals surface area (Å²) in [5.41, 5.74) is 0.681. The number of hydrogen-bond donors (Lipinski definition) is 1. The van der Waals surface area contributed by atoms with Gasteiger partial charge in [0.2, 0.25) is 11.8 Å². The highest BCUT2D eigenvalue weighted by molar-refractivity contribution is 7.10. The van der Waals surface area contributed by atoms with Gasteiger partial charge in [-0.15, -0.1) is 11.3 Å². The number of furan rings is 1. The zero-order valence-corrected chi connectivity index (χ0v) is 19.7. The van der Waals surface area contributed by atoms with Gasteiger partial charge < -0.3 is 19.4 Å². The molecule has 0 bridgehead atoms. The molecule has 0 spiro atoms. The molecule has 4 rings (SSSR count). The van der Waals surface area contributed by atoms with Gasteiger partial charge in [-0.05, 0) is 49.4 Å². The molecular weight excluding hydrogens is 436 g/mol. The molecule has 1 aromatic carbocycles. The van der Waals surface area contributed by atoms with Crippen LogP contribution in [0.25, 0.3) is 0 Å². The monoisotopic (exact) mass is 466 g/mol. The smallest absolute Gasteiger partial charge is 0.247 e. The molecule has 1 saturated carbocycles. The maximum atomic E-state index is 13.7. The van der Waals surface area contributed by atoms with Gasteiger partial charge in [-0.3, -0.25) is 9.59 Å². The number of ether oxygens (including phenoxy) is 1. The molecule has 1 N–H and O–H groups in total. The third-order valence-corrected chi connectivity index (χ3v) is 6.78. The van der Waals surface area contributed by atoms with Crippen LogP contribution < -0.4 is 10.1 Å². The predicted octanol–water partition coefficient (Wildman–Crippen LogP) is 5.11. The summed E-state index contributed by atoms with van der Waals surface area (Å²) >= 11 is 1.53. The first-order chi connectivity index (χ1) is 16.2. The molecule has 2 amide bonds. The van der Waals surface area contributed by atoms with Crippen LogP contribution >= 0.6 is 11.3 Å². The number of carbonyl (C=O) groups excluding carboxylic acids is 2. The SMILES string of the molecule is CCOc1ccccc1C(C(=O)NC1CCCC1)N(Cc1ccco1)C(=O)Cc1cccs1. The summed E-state index contributed by atoms with van der Waals surface area (Å²) in [5.74, 6) is 0.925. The maximum absolute atomic E-state index is 13.7. The normalized spacial score (nSPS) is 14.7. The van der Waals surface area contributed by atoms with E-state index in [0.29, 0.717) is 23.7 Å². The summed E-state index contributed by atoms with van der Waals surface area (Å²) in [5, 5.41) is 5.16. The van der Waals surface area contributed by atoms with Crippen LogP contribution in [0.3, 0.4) is 0 Å². The van der Waals surface area contributed by atoms with Gasteiger partial charge in [0.05, 0.1) is 25.8 Å². The summed E-state index contributed by atoms with van der Waals surface area (Å²) in [6, 6.07) is 14.3. The average Bonchev–Trinajstić information content (AvgIpc) is 3.59. The number of nitrogens with zero attached hydrogens (tertiary/aromatic N) is 1. The topological polar surface area (TPSA) is 71.8 Å². The number of amides is 2. The first-order valence-corrected chi connectivity index (χ1v) is 12.4. The van der Waals surface area contributed by atoms with Crippen molar-refractivity contribution in [3.63, 3.8) is 0 Å². The quantitative estimate of drug-likeness (QED) is 0.451. The Bertz CT molecular complexity index is 1030. The molecule has 1 unspecified atom stereocenters. The zero-order chi connectivity index (χ0) is 23.0. The summed E-state index contributed by atoms with van der Waals surface area (Å²) < 4.78 is 11.4. The molecule has 0 aliphatic heterocycles. The van der Waals surface area contributed by atoms with E-state index in [1.165, 1.54) is 11.3 Å². The Morgan fingerprint density at radius 3 is 2.67 bits per heavy atom. The molecule has 6 nitrogen and oxygen atoms in total. The van der Waals surface area contributed by atoms with Crippen molar-refractivity contribution < 1.29 is 18.7 Å². The van der Waals surface area contributed by atoms with E-state index in [4.69, 9.17) is 9.15 Å². The largest absolute Gasteiger partial charge is 0.494 e. The van der Waals surface area contributed by atoms with Crippen molar-refractivity contribution in [2.75, 3.05) is 6.61 Å². The van der Waals surface area contributed by atoms with Crippen molar-refractivity contribution in [3.05, 3.63) is 76.4 Å². The van der Waals surface area contributed by atoms with Crippen molar-refractivity contribution in [1.29, 1.82) is 0 Å². The molecule has 0 saturated heterocycles. The molecule has 7 heteroatoms. The minimum Gasteiger partial charge on any atom is -0.494 e. The van der Waals surface area contributed by atoms with E-state index in [2.05, 4.69) is 5.32 Å². The number of rotatable bonds is 10. The summed E-state index contributed by atoms with van der Waals surface area (Å²) in [7, 11) is 0. The van der Waals surface area contributed by atoms with E-state index >= 15 is 0 Å². The fourth-order valence-corrected chi connectivity index (χ4v) is 5.05. The van der Waals surface area contributed by atoms with Crippen LogP contribution in [0, 0.1) is 0 Å². The Morgan fingerprint density at radius 2 is 1.97 bits per heavy atom. The molecule has 1 aliphatic rings. The third-order valence-electron chi connectivity index (χ3n) is 5.91. The molecule has 2 aromatic heterocycles. The van der Waals surface area contributed by atoms with Crippen molar-refractivity contribution in [1.82, 2.24) is 10.2 Å². The van der Waals surface area contributed by atoms with Crippen LogP contribution in [0.15, 0.2) is 64.6 Å². The molecule has 1 fully saturated rings. The number of hydrogen-bond acceptors (Lipinski definition) is 5. The van der Waals surface area contributed by atoms with Gasteiger partial charge in [0.1, 0.15) is 17.6 Å². The van der Waals surface area contributed by atoms with Gasteiger partial charge >= 0.3 is 0 Å². The Morgan fingerprint density at radius 1 is 1.15 bits per heavy atom. The molecule has 33 heavy (non-hydrogen) atoms. The molecule has 0 radical (unpaired) electrons. The summed E-state index contributed by atoms with van der Waals surface area (Å²) in [6.07, 6.45) is 5.96. The highest BCUT2D eigenvalue weighted by atomic mass is 32.1. The van der Waals surface area contributed by atoms with Gasteiger partial charge in [-0.25, -0.2) is 0 Å². The lowest BCUT2D eigenvalue weighted by Gasteiger charge is -2.32. The van der Waals surface area contributed by atoms with E-state index in [-0.39, 0.29) is 30.8 Å². The zero-order valence-electron chi connectivity index (χ0n) is 18.9. The fourth-order valence-electron chi connectivity index (χ4n) is 4.35. The van der Waals surface area contributed by atoms with E-state index < -0.39 is 6.04 Å². The average molecular weight is 467 g/mol. The first kappa shape index (κ1) is 23.1. The Hall–Kier alpha value is -3.06. The minimum absolute atomic E-state index is 0.133. The summed E-state index contributed by atoms with van der Waals surface area (Å²) in [4.78, 5) is 30.0. The van der Waals surface area contributed by atoms with Crippen molar-refractivity contribution in [2.24, 2.45) is 0 Å². The second-order valence-corrected chi connectivity index (χ2v) is 9.25. The van der Waals surface area contributed by atoms with E-state index in [9.17, 15) is 9.59 Å². The van der Waals surface area contributed by atoms with Crippen LogP contribution in [-0.4, -0.2) is 29.4 Å². The van der Waals surface area contributed by atoms with Gasteiger partial charge in [0, 0.05) is 16.5 Å². The second-order valence-electron chi connectivity index (χ2n) is 8.22.